The predicted molar refractivity (Wildman–Crippen MR) is 80.2 cm³/mol. The molecule has 6 nitrogen and oxygen atoms in total. The van der Waals surface area contributed by atoms with Crippen molar-refractivity contribution in [2.45, 2.75) is 64.8 Å². The largest absolute Gasteiger partial charge is 0.480 e. The highest BCUT2D eigenvalue weighted by Gasteiger charge is 2.42. The number of nitrogens with one attached hydrogen (secondary N) is 1. The monoisotopic (exact) mass is 292 g/mol. The average molecular weight is 292 g/mol. The van der Waals surface area contributed by atoms with Crippen LogP contribution in [0.2, 0.25) is 0 Å². The van der Waals surface area contributed by atoms with Crippen LogP contribution in [0.3, 0.4) is 0 Å². The number of aromatic nitrogens is 3. The van der Waals surface area contributed by atoms with Crippen LogP contribution in [0.15, 0.2) is 0 Å². The first kappa shape index (κ1) is 15.7. The minimum atomic E-state index is -0.951. The molecule has 1 fully saturated rings. The first-order valence-electron chi connectivity index (χ1n) is 7.74. The Balaban J connectivity index is 2.23. The zero-order valence-electron chi connectivity index (χ0n) is 13.0. The molecule has 2 rings (SSSR count). The van der Waals surface area contributed by atoms with E-state index in [1.807, 2.05) is 13.8 Å². The van der Waals surface area contributed by atoms with E-state index in [-0.39, 0.29) is 0 Å². The molecule has 1 saturated carbocycles. The molecule has 0 unspecified atom stereocenters. The molecule has 1 aliphatic carbocycles. The van der Waals surface area contributed by atoms with Crippen LogP contribution >= 0.6 is 0 Å². The number of carboxylic acid groups (broad SMARTS) is 1. The van der Waals surface area contributed by atoms with Gasteiger partial charge >= 0.3 is 5.97 Å². The maximum atomic E-state index is 11.7. The maximum absolute atomic E-state index is 11.7. The summed E-state index contributed by atoms with van der Waals surface area (Å²) in [4.78, 5) is 16.2. The zero-order chi connectivity index (χ0) is 15.5. The summed E-state index contributed by atoms with van der Waals surface area (Å²) in [6.45, 7) is 6.19. The van der Waals surface area contributed by atoms with E-state index in [1.165, 1.54) is 0 Å². The lowest BCUT2D eigenvalue weighted by atomic mass is 9.77. The normalized spacial score (nSPS) is 25.6. The molecule has 2 N–H and O–H groups in total. The molecule has 1 aliphatic rings. The fourth-order valence-electron chi connectivity index (χ4n) is 2.85. The number of nitrogens with zero attached hydrogens (tertiary/aromatic N) is 3. The van der Waals surface area contributed by atoms with Crippen molar-refractivity contribution in [3.8, 4) is 0 Å². The van der Waals surface area contributed by atoms with Crippen molar-refractivity contribution in [3.05, 3.63) is 11.4 Å². The summed E-state index contributed by atoms with van der Waals surface area (Å²) in [6, 6.07) is 0. The van der Waals surface area contributed by atoms with E-state index in [2.05, 4.69) is 27.4 Å². The van der Waals surface area contributed by atoms with Crippen molar-refractivity contribution < 1.29 is 9.90 Å². The SMILES string of the molecule is CCc1nnc(NC2(C(=O)O)CCC(C)CC2)nc1CC. The number of aryl methyl sites for hydroxylation is 2. The van der Waals surface area contributed by atoms with E-state index in [4.69, 9.17) is 0 Å². The third-order valence-corrected chi connectivity index (χ3v) is 4.40. The quantitative estimate of drug-likeness (QED) is 0.866. The van der Waals surface area contributed by atoms with Gasteiger partial charge in [0, 0.05) is 0 Å². The van der Waals surface area contributed by atoms with E-state index in [9.17, 15) is 9.90 Å². The number of carbonyl (C=O) groups is 1. The second-order valence-electron chi connectivity index (χ2n) is 5.93. The van der Waals surface area contributed by atoms with E-state index in [0.29, 0.717) is 24.7 Å². The van der Waals surface area contributed by atoms with Gasteiger partial charge in [0.2, 0.25) is 5.95 Å². The standard InChI is InChI=1S/C15H24N4O2/c1-4-11-12(5-2)18-19-14(16-11)17-15(13(20)21)8-6-10(3)7-9-15/h10H,4-9H2,1-3H3,(H,20,21)(H,16,17,19). The summed E-state index contributed by atoms with van der Waals surface area (Å²) in [5.41, 5.74) is 0.817. The number of aliphatic carboxylic acids is 1. The molecular formula is C15H24N4O2. The lowest BCUT2D eigenvalue weighted by Crippen LogP contribution is -2.49. The molecule has 0 aromatic carbocycles. The molecular weight excluding hydrogens is 268 g/mol. The minimum Gasteiger partial charge on any atom is -0.480 e. The first-order valence-corrected chi connectivity index (χ1v) is 7.74. The topological polar surface area (TPSA) is 88.0 Å². The molecule has 1 aromatic rings. The minimum absolute atomic E-state index is 0.334. The van der Waals surface area contributed by atoms with Crippen LogP contribution < -0.4 is 5.32 Å². The molecule has 0 bridgehead atoms. The maximum Gasteiger partial charge on any atom is 0.329 e. The van der Waals surface area contributed by atoms with Crippen LogP contribution in [0.4, 0.5) is 5.95 Å². The van der Waals surface area contributed by atoms with Gasteiger partial charge in [0.05, 0.1) is 11.4 Å². The number of hydrogen-bond donors (Lipinski definition) is 2. The molecule has 1 aromatic heterocycles. The number of anilines is 1. The summed E-state index contributed by atoms with van der Waals surface area (Å²) < 4.78 is 0. The number of rotatable bonds is 5. The lowest BCUT2D eigenvalue weighted by molar-refractivity contribution is -0.143. The van der Waals surface area contributed by atoms with Gasteiger partial charge in [-0.2, -0.15) is 5.10 Å². The highest BCUT2D eigenvalue weighted by Crippen LogP contribution is 2.34. The van der Waals surface area contributed by atoms with Gasteiger partial charge < -0.3 is 10.4 Å². The van der Waals surface area contributed by atoms with Crippen molar-refractivity contribution in [2.75, 3.05) is 5.32 Å². The molecule has 1 heterocycles. The van der Waals surface area contributed by atoms with E-state index in [0.717, 1.165) is 37.1 Å². The van der Waals surface area contributed by atoms with Crippen molar-refractivity contribution in [3.63, 3.8) is 0 Å². The molecule has 21 heavy (non-hydrogen) atoms. The molecule has 0 radical (unpaired) electrons. The molecule has 0 saturated heterocycles. The van der Waals surface area contributed by atoms with Gasteiger partial charge in [-0.15, -0.1) is 5.10 Å². The molecule has 116 valence electrons. The van der Waals surface area contributed by atoms with Crippen LogP contribution in [-0.2, 0) is 17.6 Å². The second kappa shape index (κ2) is 6.37. The summed E-state index contributed by atoms with van der Waals surface area (Å²) >= 11 is 0. The molecule has 6 heteroatoms. The predicted octanol–water partition coefficient (Wildman–Crippen LogP) is 2.44. The lowest BCUT2D eigenvalue weighted by Gasteiger charge is -2.36. The fourth-order valence-corrected chi connectivity index (χ4v) is 2.85. The van der Waals surface area contributed by atoms with Crippen LogP contribution in [0.5, 0.6) is 0 Å². The van der Waals surface area contributed by atoms with Gasteiger partial charge in [0.15, 0.2) is 0 Å². The smallest absolute Gasteiger partial charge is 0.329 e. The second-order valence-corrected chi connectivity index (χ2v) is 5.93. The Morgan fingerprint density at radius 2 is 1.86 bits per heavy atom. The van der Waals surface area contributed by atoms with Gasteiger partial charge in [0.25, 0.3) is 0 Å². The first-order chi connectivity index (χ1) is 10.0. The third kappa shape index (κ3) is 3.31. The fraction of sp³-hybridized carbons (Fsp3) is 0.733. The van der Waals surface area contributed by atoms with Crippen molar-refractivity contribution >= 4 is 11.9 Å². The van der Waals surface area contributed by atoms with Crippen molar-refractivity contribution in [1.29, 1.82) is 0 Å². The third-order valence-electron chi connectivity index (χ3n) is 4.40. The van der Waals surface area contributed by atoms with Crippen LogP contribution in [0, 0.1) is 5.92 Å². The van der Waals surface area contributed by atoms with Crippen LogP contribution in [0.25, 0.3) is 0 Å². The van der Waals surface area contributed by atoms with Gasteiger partial charge in [0.1, 0.15) is 5.54 Å². The van der Waals surface area contributed by atoms with Gasteiger partial charge in [-0.3, -0.25) is 0 Å². The summed E-state index contributed by atoms with van der Waals surface area (Å²) in [7, 11) is 0. The Bertz CT molecular complexity index is 510. The Hall–Kier alpha value is -1.72. The zero-order valence-corrected chi connectivity index (χ0v) is 13.0. The van der Waals surface area contributed by atoms with Gasteiger partial charge in [-0.25, -0.2) is 9.78 Å². The van der Waals surface area contributed by atoms with E-state index in [1.54, 1.807) is 0 Å². The Morgan fingerprint density at radius 1 is 1.24 bits per heavy atom. The Morgan fingerprint density at radius 3 is 2.38 bits per heavy atom. The Kier molecular flexibility index (Phi) is 4.75. The molecule has 0 aliphatic heterocycles. The van der Waals surface area contributed by atoms with Gasteiger partial charge in [-0.05, 0) is 44.4 Å². The summed E-state index contributed by atoms with van der Waals surface area (Å²) in [5, 5.41) is 20.9. The van der Waals surface area contributed by atoms with Crippen LogP contribution in [0.1, 0.15) is 57.8 Å². The van der Waals surface area contributed by atoms with Crippen molar-refractivity contribution in [2.24, 2.45) is 5.92 Å². The van der Waals surface area contributed by atoms with E-state index >= 15 is 0 Å². The average Bonchev–Trinajstić information content (AvgIpc) is 2.49. The highest BCUT2D eigenvalue weighted by atomic mass is 16.4. The summed E-state index contributed by atoms with van der Waals surface area (Å²) in [5.74, 6) is 0.0867. The molecule has 0 atom stereocenters. The Labute approximate surface area is 125 Å². The molecule has 0 spiro atoms. The number of carboxylic acids is 1. The van der Waals surface area contributed by atoms with Crippen LogP contribution in [-0.4, -0.2) is 31.8 Å². The van der Waals surface area contributed by atoms with E-state index < -0.39 is 11.5 Å². The number of hydrogen-bond acceptors (Lipinski definition) is 5. The molecule has 0 amide bonds. The summed E-state index contributed by atoms with van der Waals surface area (Å²) in [6.07, 6.45) is 4.56. The van der Waals surface area contributed by atoms with Gasteiger partial charge in [-0.1, -0.05) is 20.8 Å². The van der Waals surface area contributed by atoms with Crippen molar-refractivity contribution in [1.82, 2.24) is 15.2 Å². The highest BCUT2D eigenvalue weighted by molar-refractivity contribution is 5.82.